The summed E-state index contributed by atoms with van der Waals surface area (Å²) >= 11 is 1.43. The second-order valence-electron chi connectivity index (χ2n) is 8.24. The van der Waals surface area contributed by atoms with Crippen molar-refractivity contribution >= 4 is 28.8 Å². The van der Waals surface area contributed by atoms with Crippen LogP contribution in [0, 0.1) is 0 Å². The van der Waals surface area contributed by atoms with Crippen LogP contribution in [0.4, 0.5) is 0 Å². The van der Waals surface area contributed by atoms with Gasteiger partial charge in [0.25, 0.3) is 0 Å². The topological polar surface area (TPSA) is 89.5 Å². The number of carbonyl (C=O) groups excluding carboxylic acids is 2. The van der Waals surface area contributed by atoms with Crippen molar-refractivity contribution in [2.45, 2.75) is 25.9 Å². The lowest BCUT2D eigenvalue weighted by Gasteiger charge is -2.36. The van der Waals surface area contributed by atoms with E-state index >= 15 is 0 Å². The van der Waals surface area contributed by atoms with Crippen LogP contribution >= 0.6 is 11.8 Å². The van der Waals surface area contributed by atoms with Gasteiger partial charge in [0.15, 0.2) is 5.17 Å². The van der Waals surface area contributed by atoms with Crippen LogP contribution in [0.15, 0.2) is 82.0 Å². The molecule has 0 bridgehead atoms. The lowest BCUT2D eigenvalue weighted by atomic mass is 9.93. The third-order valence-corrected chi connectivity index (χ3v) is 6.71. The molecule has 2 heterocycles. The molecule has 36 heavy (non-hydrogen) atoms. The summed E-state index contributed by atoms with van der Waals surface area (Å²) in [6, 6.07) is 16.8. The van der Waals surface area contributed by atoms with Crippen LogP contribution in [0.1, 0.15) is 30.5 Å². The summed E-state index contributed by atoms with van der Waals surface area (Å²) in [5, 5.41) is 5.60. The van der Waals surface area contributed by atoms with Crippen molar-refractivity contribution in [2.75, 3.05) is 27.4 Å². The summed E-state index contributed by atoms with van der Waals surface area (Å²) in [5.74, 6) is 0.0797. The summed E-state index contributed by atoms with van der Waals surface area (Å²) in [5.41, 5.74) is 3.60. The average molecular weight is 508 g/mol. The maximum Gasteiger partial charge on any atom is 0.338 e. The Kier molecular flexibility index (Phi) is 8.45. The van der Waals surface area contributed by atoms with Crippen molar-refractivity contribution in [1.82, 2.24) is 10.2 Å². The van der Waals surface area contributed by atoms with Crippen molar-refractivity contribution < 1.29 is 23.8 Å². The van der Waals surface area contributed by atoms with Gasteiger partial charge in [-0.25, -0.2) is 9.79 Å². The van der Waals surface area contributed by atoms with Gasteiger partial charge in [-0.05, 0) is 35.6 Å². The van der Waals surface area contributed by atoms with Crippen molar-refractivity contribution in [3.05, 3.63) is 88.1 Å². The zero-order valence-electron chi connectivity index (χ0n) is 20.5. The van der Waals surface area contributed by atoms with E-state index in [1.54, 1.807) is 21.1 Å². The number of nitrogens with one attached hydrogen (secondary N) is 1. The zero-order chi connectivity index (χ0) is 25.5. The molecule has 188 valence electrons. The number of hydrogen-bond donors (Lipinski definition) is 1. The molecule has 2 aliphatic rings. The van der Waals surface area contributed by atoms with E-state index in [0.29, 0.717) is 35.3 Å². The van der Waals surface area contributed by atoms with E-state index in [4.69, 9.17) is 14.2 Å². The van der Waals surface area contributed by atoms with Gasteiger partial charge in [0, 0.05) is 19.4 Å². The van der Waals surface area contributed by atoms with Gasteiger partial charge in [-0.15, -0.1) is 0 Å². The van der Waals surface area contributed by atoms with Crippen molar-refractivity contribution in [3.8, 4) is 5.75 Å². The number of amides is 1. The molecule has 1 unspecified atom stereocenters. The van der Waals surface area contributed by atoms with Gasteiger partial charge in [-0.1, -0.05) is 54.2 Å². The maximum absolute atomic E-state index is 13.2. The minimum Gasteiger partial charge on any atom is -0.497 e. The number of methoxy groups -OCH3 is 2. The lowest BCUT2D eigenvalue weighted by Crippen LogP contribution is -2.38. The van der Waals surface area contributed by atoms with Crippen LogP contribution in [0.25, 0.3) is 0 Å². The molecule has 4 rings (SSSR count). The monoisotopic (exact) mass is 507 g/mol. The first kappa shape index (κ1) is 25.5. The van der Waals surface area contributed by atoms with Crippen LogP contribution < -0.4 is 10.1 Å². The second-order valence-corrected chi connectivity index (χ2v) is 9.07. The van der Waals surface area contributed by atoms with Crippen LogP contribution in [0.3, 0.4) is 0 Å². The second kappa shape index (κ2) is 11.9. The van der Waals surface area contributed by atoms with Gasteiger partial charge in [-0.2, -0.15) is 0 Å². The van der Waals surface area contributed by atoms with Crippen molar-refractivity contribution in [1.29, 1.82) is 0 Å². The Morgan fingerprint density at radius 3 is 2.64 bits per heavy atom. The Balaban J connectivity index is 1.61. The molecule has 0 saturated carbocycles. The predicted molar refractivity (Wildman–Crippen MR) is 139 cm³/mol. The highest BCUT2D eigenvalue weighted by Crippen LogP contribution is 2.45. The van der Waals surface area contributed by atoms with Gasteiger partial charge < -0.3 is 24.4 Å². The molecule has 0 aromatic heterocycles. The molecule has 2 aromatic rings. The fraction of sp³-hybridized carbons (Fsp3) is 0.296. The van der Waals surface area contributed by atoms with Crippen LogP contribution in [-0.2, 0) is 25.6 Å². The Hall–Kier alpha value is -3.56. The highest BCUT2D eigenvalue weighted by molar-refractivity contribution is 8.16. The van der Waals surface area contributed by atoms with Gasteiger partial charge >= 0.3 is 5.97 Å². The maximum atomic E-state index is 13.2. The first-order valence-electron chi connectivity index (χ1n) is 11.6. The van der Waals surface area contributed by atoms with Gasteiger partial charge in [0.1, 0.15) is 12.4 Å². The molecule has 0 fully saturated rings. The Morgan fingerprint density at radius 1 is 1.08 bits per heavy atom. The SMILES string of the molecule is COCCOC(=O)C1=C(C)N=C2SC=C(CC(=O)NCc3ccccc3)N2C1c1cccc(OC)c1. The molecular weight excluding hydrogens is 478 g/mol. The molecule has 0 radical (unpaired) electrons. The molecule has 9 heteroatoms. The summed E-state index contributed by atoms with van der Waals surface area (Å²) in [7, 11) is 3.15. The molecule has 0 spiro atoms. The number of amidine groups is 1. The van der Waals surface area contributed by atoms with Crippen LogP contribution in [-0.4, -0.2) is 49.4 Å². The number of esters is 1. The van der Waals surface area contributed by atoms with Gasteiger partial charge in [0.05, 0.1) is 37.4 Å². The first-order valence-corrected chi connectivity index (χ1v) is 12.4. The highest BCUT2D eigenvalue weighted by Gasteiger charge is 2.41. The van der Waals surface area contributed by atoms with Crippen LogP contribution in [0.5, 0.6) is 5.75 Å². The average Bonchev–Trinajstić information content (AvgIpc) is 3.29. The van der Waals surface area contributed by atoms with Crippen molar-refractivity contribution in [3.63, 3.8) is 0 Å². The fourth-order valence-corrected chi connectivity index (χ4v) is 5.04. The molecule has 1 amide bonds. The molecule has 1 N–H and O–H groups in total. The fourth-order valence-electron chi connectivity index (χ4n) is 4.08. The van der Waals surface area contributed by atoms with E-state index in [-0.39, 0.29) is 18.9 Å². The number of allylic oxidation sites excluding steroid dienone is 1. The summed E-state index contributed by atoms with van der Waals surface area (Å²) in [4.78, 5) is 32.7. The van der Waals surface area contributed by atoms with E-state index in [1.807, 2.05) is 64.9 Å². The van der Waals surface area contributed by atoms with E-state index in [2.05, 4.69) is 10.3 Å². The minimum absolute atomic E-state index is 0.119. The Morgan fingerprint density at radius 2 is 1.89 bits per heavy atom. The number of fused-ring (bicyclic) bond motifs is 1. The van der Waals surface area contributed by atoms with Gasteiger partial charge in [-0.3, -0.25) is 4.79 Å². The summed E-state index contributed by atoms with van der Waals surface area (Å²) < 4.78 is 16.0. The zero-order valence-corrected chi connectivity index (χ0v) is 21.3. The lowest BCUT2D eigenvalue weighted by molar-refractivity contribution is -0.141. The van der Waals surface area contributed by atoms with E-state index < -0.39 is 12.0 Å². The highest BCUT2D eigenvalue weighted by atomic mass is 32.2. The molecule has 2 aliphatic heterocycles. The van der Waals surface area contributed by atoms with Gasteiger partial charge in [0.2, 0.25) is 5.91 Å². The largest absolute Gasteiger partial charge is 0.497 e. The third kappa shape index (κ3) is 5.80. The quantitative estimate of drug-likeness (QED) is 0.381. The number of aliphatic imine (C=N–C) groups is 1. The summed E-state index contributed by atoms with van der Waals surface area (Å²) in [6.45, 7) is 2.67. The number of carbonyl (C=O) groups is 2. The number of thioether (sulfide) groups is 1. The van der Waals surface area contributed by atoms with Crippen LogP contribution in [0.2, 0.25) is 0 Å². The number of nitrogens with zero attached hydrogens (tertiary/aromatic N) is 2. The molecule has 1 atom stereocenters. The van der Waals surface area contributed by atoms with Crippen molar-refractivity contribution in [2.24, 2.45) is 4.99 Å². The first-order chi connectivity index (χ1) is 17.5. The van der Waals surface area contributed by atoms with E-state index in [0.717, 1.165) is 16.8 Å². The number of hydrogen-bond acceptors (Lipinski definition) is 8. The number of ether oxygens (including phenoxy) is 3. The molecule has 0 aliphatic carbocycles. The predicted octanol–water partition coefficient (Wildman–Crippen LogP) is 4.17. The molecular formula is C27H29N3O5S. The standard InChI is InChI=1S/C27H29N3O5S/c1-18-24(26(32)35-13-12-33-2)25(20-10-7-11-22(14-20)34-3)30-21(17-36-27(30)29-18)15-23(31)28-16-19-8-5-4-6-9-19/h4-11,14,17,25H,12-13,15-16H2,1-3H3,(H,28,31). The smallest absolute Gasteiger partial charge is 0.338 e. The van der Waals surface area contributed by atoms with E-state index in [9.17, 15) is 9.59 Å². The number of rotatable bonds is 10. The summed E-state index contributed by atoms with van der Waals surface area (Å²) in [6.07, 6.45) is 0.143. The molecule has 2 aromatic carbocycles. The molecule has 8 nitrogen and oxygen atoms in total. The Bertz CT molecular complexity index is 1210. The minimum atomic E-state index is -0.522. The van der Waals surface area contributed by atoms with E-state index in [1.165, 1.54) is 11.8 Å². The third-order valence-electron chi connectivity index (χ3n) is 5.82. The molecule has 0 saturated heterocycles. The Labute approximate surface area is 215 Å². The number of benzene rings is 2. The normalized spacial score (nSPS) is 16.8.